The monoisotopic (exact) mass is 178 g/mol. The van der Waals surface area contributed by atoms with E-state index in [1.165, 1.54) is 10.4 Å². The van der Waals surface area contributed by atoms with Gasteiger partial charge in [0.1, 0.15) is 0 Å². The summed E-state index contributed by atoms with van der Waals surface area (Å²) in [6.07, 6.45) is 9.83. The van der Waals surface area contributed by atoms with E-state index >= 15 is 0 Å². The number of thiophene rings is 1. The Bertz CT molecular complexity index is 252. The lowest BCUT2D eigenvalue weighted by Crippen LogP contribution is -1.64. The van der Waals surface area contributed by atoms with E-state index in [0.29, 0.717) is 0 Å². The third kappa shape index (κ3) is 2.08. The SMILES string of the molecule is C1=Cc2ccsc2C=CC1.CC. The number of allylic oxidation sites excluding steroid dienone is 2. The third-order valence-corrected chi connectivity index (χ3v) is 2.46. The lowest BCUT2D eigenvalue weighted by molar-refractivity contribution is 1.44. The molecule has 0 unspecified atom stereocenters. The molecule has 0 saturated carbocycles. The molecular weight excluding hydrogens is 164 g/mol. The molecule has 0 amide bonds. The molecule has 0 radical (unpaired) electrons. The van der Waals surface area contributed by atoms with Crippen LogP contribution < -0.4 is 0 Å². The van der Waals surface area contributed by atoms with Crippen molar-refractivity contribution in [3.63, 3.8) is 0 Å². The van der Waals surface area contributed by atoms with Gasteiger partial charge >= 0.3 is 0 Å². The zero-order valence-electron chi connectivity index (χ0n) is 7.58. The maximum atomic E-state index is 2.19. The molecule has 0 aromatic carbocycles. The minimum absolute atomic E-state index is 1.07. The van der Waals surface area contributed by atoms with Gasteiger partial charge in [0.2, 0.25) is 0 Å². The number of fused-ring (bicyclic) bond motifs is 1. The van der Waals surface area contributed by atoms with Crippen molar-refractivity contribution in [3.05, 3.63) is 34.0 Å². The van der Waals surface area contributed by atoms with E-state index in [2.05, 4.69) is 35.8 Å². The van der Waals surface area contributed by atoms with Crippen LogP contribution in [0.1, 0.15) is 30.7 Å². The highest BCUT2D eigenvalue weighted by Crippen LogP contribution is 2.22. The maximum absolute atomic E-state index is 2.19. The molecule has 0 bridgehead atoms. The second-order valence-electron chi connectivity index (χ2n) is 2.28. The molecule has 0 fully saturated rings. The summed E-state index contributed by atoms with van der Waals surface area (Å²) in [7, 11) is 0. The topological polar surface area (TPSA) is 0 Å². The lowest BCUT2D eigenvalue weighted by atomic mass is 10.2. The Morgan fingerprint density at radius 2 is 1.92 bits per heavy atom. The minimum Gasteiger partial charge on any atom is -0.144 e. The molecule has 0 nitrogen and oxygen atoms in total. The number of hydrogen-bond acceptors (Lipinski definition) is 1. The van der Waals surface area contributed by atoms with E-state index in [4.69, 9.17) is 0 Å². The van der Waals surface area contributed by atoms with Gasteiger partial charge in [-0.2, -0.15) is 0 Å². The molecule has 0 N–H and O–H groups in total. The Morgan fingerprint density at radius 3 is 2.75 bits per heavy atom. The van der Waals surface area contributed by atoms with Gasteiger partial charge in [-0.1, -0.05) is 32.1 Å². The van der Waals surface area contributed by atoms with E-state index in [9.17, 15) is 0 Å². The Labute approximate surface area is 78.2 Å². The minimum atomic E-state index is 1.07. The number of rotatable bonds is 0. The first-order valence-corrected chi connectivity index (χ1v) is 5.25. The van der Waals surface area contributed by atoms with Gasteiger partial charge in [0.05, 0.1) is 0 Å². The van der Waals surface area contributed by atoms with E-state index < -0.39 is 0 Å². The summed E-state index contributed by atoms with van der Waals surface area (Å²) in [5.74, 6) is 0. The van der Waals surface area contributed by atoms with Gasteiger partial charge in [-0.3, -0.25) is 0 Å². The van der Waals surface area contributed by atoms with Crippen molar-refractivity contribution in [1.82, 2.24) is 0 Å². The average molecular weight is 178 g/mol. The summed E-state index contributed by atoms with van der Waals surface area (Å²) in [5, 5.41) is 2.13. The Balaban J connectivity index is 0.000000336. The summed E-state index contributed by atoms with van der Waals surface area (Å²) >= 11 is 1.80. The molecule has 64 valence electrons. The molecule has 1 aliphatic rings. The van der Waals surface area contributed by atoms with Crippen molar-refractivity contribution >= 4 is 23.5 Å². The van der Waals surface area contributed by atoms with E-state index in [1.807, 2.05) is 13.8 Å². The van der Waals surface area contributed by atoms with Crippen molar-refractivity contribution in [2.75, 3.05) is 0 Å². The van der Waals surface area contributed by atoms with E-state index in [1.54, 1.807) is 11.3 Å². The molecule has 1 aliphatic carbocycles. The third-order valence-electron chi connectivity index (χ3n) is 1.57. The van der Waals surface area contributed by atoms with E-state index in [-0.39, 0.29) is 0 Å². The summed E-state index contributed by atoms with van der Waals surface area (Å²) in [6, 6.07) is 2.16. The van der Waals surface area contributed by atoms with Crippen LogP contribution in [0.2, 0.25) is 0 Å². The molecule has 1 aromatic rings. The molecule has 2 rings (SSSR count). The van der Waals surface area contributed by atoms with Crippen LogP contribution in [0.3, 0.4) is 0 Å². The summed E-state index contributed by atoms with van der Waals surface area (Å²) < 4.78 is 0. The standard InChI is InChI=1S/C9H8S.C2H6/c1-2-4-8-6-7-10-9(8)5-3-1;1-2/h2-7H,1H2;1-2H3. The second kappa shape index (κ2) is 4.94. The maximum Gasteiger partial charge on any atom is 0.0339 e. The Morgan fingerprint density at radius 1 is 1.17 bits per heavy atom. The molecule has 1 heteroatoms. The van der Waals surface area contributed by atoms with Crippen molar-refractivity contribution in [3.8, 4) is 0 Å². The van der Waals surface area contributed by atoms with Gasteiger partial charge in [-0.15, -0.1) is 11.3 Å². The predicted octanol–water partition coefficient (Wildman–Crippen LogP) is 4.20. The van der Waals surface area contributed by atoms with Crippen molar-refractivity contribution in [2.45, 2.75) is 20.3 Å². The Kier molecular flexibility index (Phi) is 3.81. The van der Waals surface area contributed by atoms with Crippen molar-refractivity contribution in [1.29, 1.82) is 0 Å². The van der Waals surface area contributed by atoms with Crippen LogP contribution >= 0.6 is 11.3 Å². The summed E-state index contributed by atoms with van der Waals surface area (Å²) in [4.78, 5) is 1.38. The first-order valence-electron chi connectivity index (χ1n) is 4.37. The Hall–Kier alpha value is -0.820. The van der Waals surface area contributed by atoms with Crippen molar-refractivity contribution in [2.24, 2.45) is 0 Å². The molecular formula is C11H14S. The first-order chi connectivity index (χ1) is 5.97. The smallest absolute Gasteiger partial charge is 0.0339 e. The van der Waals surface area contributed by atoms with E-state index in [0.717, 1.165) is 6.42 Å². The van der Waals surface area contributed by atoms with Crippen LogP contribution in [0, 0.1) is 0 Å². The van der Waals surface area contributed by atoms with Crippen LogP contribution in [-0.2, 0) is 0 Å². The van der Waals surface area contributed by atoms with Gasteiger partial charge in [-0.25, -0.2) is 0 Å². The molecule has 1 heterocycles. The van der Waals surface area contributed by atoms with Crippen LogP contribution in [0.25, 0.3) is 12.2 Å². The molecule has 12 heavy (non-hydrogen) atoms. The summed E-state index contributed by atoms with van der Waals surface area (Å²) in [6.45, 7) is 4.00. The zero-order valence-corrected chi connectivity index (χ0v) is 8.40. The fourth-order valence-corrected chi connectivity index (χ4v) is 1.86. The van der Waals surface area contributed by atoms with Crippen LogP contribution in [-0.4, -0.2) is 0 Å². The largest absolute Gasteiger partial charge is 0.144 e. The number of hydrogen-bond donors (Lipinski definition) is 0. The summed E-state index contributed by atoms with van der Waals surface area (Å²) in [5.41, 5.74) is 1.36. The van der Waals surface area contributed by atoms with Crippen LogP contribution in [0.5, 0.6) is 0 Å². The molecule has 1 aromatic heterocycles. The normalized spacial score (nSPS) is 12.8. The van der Waals surface area contributed by atoms with Gasteiger partial charge in [0.25, 0.3) is 0 Å². The van der Waals surface area contributed by atoms with Crippen molar-refractivity contribution < 1.29 is 0 Å². The highest BCUT2D eigenvalue weighted by Gasteiger charge is 1.97. The lowest BCUT2D eigenvalue weighted by Gasteiger charge is -1.85. The van der Waals surface area contributed by atoms with Crippen LogP contribution in [0.4, 0.5) is 0 Å². The fraction of sp³-hybridized carbons (Fsp3) is 0.273. The molecule has 0 saturated heterocycles. The van der Waals surface area contributed by atoms with Gasteiger partial charge in [0.15, 0.2) is 0 Å². The first kappa shape index (κ1) is 9.27. The molecule has 0 spiro atoms. The molecule has 0 atom stereocenters. The average Bonchev–Trinajstić information content (AvgIpc) is 2.46. The van der Waals surface area contributed by atoms with Crippen LogP contribution in [0.15, 0.2) is 23.6 Å². The fourth-order valence-electron chi connectivity index (χ4n) is 1.05. The van der Waals surface area contributed by atoms with Gasteiger partial charge in [-0.05, 0) is 29.5 Å². The zero-order chi connectivity index (χ0) is 8.81. The van der Waals surface area contributed by atoms with Gasteiger partial charge < -0.3 is 0 Å². The highest BCUT2D eigenvalue weighted by molar-refractivity contribution is 7.11. The predicted molar refractivity (Wildman–Crippen MR) is 58.4 cm³/mol. The van der Waals surface area contributed by atoms with Gasteiger partial charge in [0, 0.05) is 4.88 Å². The quantitative estimate of drug-likeness (QED) is 0.558. The molecule has 0 aliphatic heterocycles. The second-order valence-corrected chi connectivity index (χ2v) is 3.23. The highest BCUT2D eigenvalue weighted by atomic mass is 32.1.